The third kappa shape index (κ3) is 9.66. The van der Waals surface area contributed by atoms with Crippen LogP contribution in [0.4, 0.5) is 5.82 Å². The fourth-order valence-electron chi connectivity index (χ4n) is 6.85. The van der Waals surface area contributed by atoms with Crippen molar-refractivity contribution in [1.82, 2.24) is 38.9 Å². The molecule has 0 spiro atoms. The average Bonchev–Trinajstić information content (AvgIpc) is 4.03. The maximum absolute atomic E-state index is 13.4. The molecule has 1 amide bonds. The van der Waals surface area contributed by atoms with E-state index in [0.29, 0.717) is 0 Å². The first-order valence-electron chi connectivity index (χ1n) is 18.6. The maximum atomic E-state index is 13.4. The first-order valence-corrected chi connectivity index (χ1v) is 24.5. The number of benzene rings is 1. The number of carbonyl (C=O) groups is 1. The van der Waals surface area contributed by atoms with Crippen molar-refractivity contribution >= 4 is 67.4 Å². The van der Waals surface area contributed by atoms with Gasteiger partial charge in [-0.2, -0.15) is 27.3 Å². The van der Waals surface area contributed by atoms with E-state index in [0.717, 1.165) is 15.0 Å². The molecule has 0 aliphatic carbocycles. The summed E-state index contributed by atoms with van der Waals surface area (Å²) in [6.45, 7) is -2.26. The quantitative estimate of drug-likeness (QED) is 0.0367. The number of pyridine rings is 1. The van der Waals surface area contributed by atoms with E-state index in [2.05, 4.69) is 39.1 Å². The minimum atomic E-state index is -5.82. The van der Waals surface area contributed by atoms with Crippen LogP contribution in [-0.4, -0.2) is 133 Å². The highest BCUT2D eigenvalue weighted by Gasteiger charge is 2.51. The molecular weight excluding hydrogens is 967 g/mol. The molecule has 6 aromatic rings. The lowest BCUT2D eigenvalue weighted by atomic mass is 10.1. The number of aromatic nitrogens is 9. The largest absolute Gasteiger partial charge is 0.756 e. The molecule has 5 aromatic heterocycles. The van der Waals surface area contributed by atoms with E-state index in [9.17, 15) is 61.8 Å². The molecule has 2 fully saturated rings. The Kier molecular flexibility index (Phi) is 12.8. The van der Waals surface area contributed by atoms with Gasteiger partial charge in [-0.05, 0) is 36.4 Å². The number of hydrogen-bond acceptors (Lipinski definition) is 23. The van der Waals surface area contributed by atoms with Crippen LogP contribution in [0.1, 0.15) is 22.8 Å². The summed E-state index contributed by atoms with van der Waals surface area (Å²) in [6.07, 6.45) is -7.98. The van der Waals surface area contributed by atoms with Gasteiger partial charge in [0, 0.05) is 11.6 Å². The molecule has 10 N–H and O–H groups in total. The maximum Gasteiger partial charge on any atom is 0.478 e. The molecular formula is C32H34N11O19P3S. The van der Waals surface area contributed by atoms with Crippen LogP contribution in [0.25, 0.3) is 33.6 Å². The van der Waals surface area contributed by atoms with Crippen LogP contribution < -0.4 is 20.9 Å². The molecule has 66 heavy (non-hydrogen) atoms. The standard InChI is InChI=1S/C32H34N11O19P3S/c33-27-22-30(39-29(38-27)15-3-5-17(6-4-15)66(55,56)43-19-7-8-36-40-18(19)10-37-43)42(14-35-22)32-26(61-63(48,49)50)24(45)21(60-32)13-58-65(53,54)62-64(51,52)57-12-20-23(44)25(46)31(59-20)41-9-1-2-16(11-41)28(34)47/h1-11,14,20-21,23-26,31-32,44-46H,12-13H2,(H7-,33,34,38,39,47,48,49,50,51,52,53,54)/t20-,21?,23-,24-,25-,26-,31-,32-/m1/s1. The normalized spacial score (nSPS) is 25.6. The number of amides is 1. The van der Waals surface area contributed by atoms with Gasteiger partial charge in [-0.3, -0.25) is 23.0 Å². The summed E-state index contributed by atoms with van der Waals surface area (Å²) in [7, 11) is -21.2. The van der Waals surface area contributed by atoms with Gasteiger partial charge in [0.15, 0.2) is 42.0 Å². The smallest absolute Gasteiger partial charge is 0.478 e. The number of phosphoric ester groups is 3. The Bertz CT molecular complexity index is 3090. The third-order valence-corrected chi connectivity index (χ3v) is 14.6. The Morgan fingerprint density at radius 1 is 0.955 bits per heavy atom. The molecule has 0 saturated carbocycles. The number of rotatable bonds is 16. The van der Waals surface area contributed by atoms with E-state index < -0.39 is 102 Å². The lowest BCUT2D eigenvalue weighted by molar-refractivity contribution is -0.765. The number of carbonyl (C=O) groups excluding carboxylic acids is 1. The molecule has 10 atom stereocenters. The summed E-state index contributed by atoms with van der Waals surface area (Å²) in [4.78, 5) is 66.5. The van der Waals surface area contributed by atoms with Gasteiger partial charge in [-0.1, -0.05) is 0 Å². The van der Waals surface area contributed by atoms with Crippen molar-refractivity contribution in [3.05, 3.63) is 79.1 Å². The van der Waals surface area contributed by atoms with Crippen molar-refractivity contribution in [3.63, 3.8) is 0 Å². The van der Waals surface area contributed by atoms with Crippen molar-refractivity contribution in [2.24, 2.45) is 5.73 Å². The molecule has 2 saturated heterocycles. The number of phosphoric acid groups is 3. The summed E-state index contributed by atoms with van der Waals surface area (Å²) < 4.78 is 97.0. The minimum absolute atomic E-state index is 0.00892. The van der Waals surface area contributed by atoms with E-state index in [1.165, 1.54) is 71.8 Å². The van der Waals surface area contributed by atoms with E-state index in [1.54, 1.807) is 0 Å². The lowest BCUT2D eigenvalue weighted by Gasteiger charge is -2.26. The third-order valence-electron chi connectivity index (χ3n) is 9.89. The Morgan fingerprint density at radius 2 is 1.67 bits per heavy atom. The zero-order valence-corrected chi connectivity index (χ0v) is 36.4. The van der Waals surface area contributed by atoms with E-state index in [-0.39, 0.29) is 49.9 Å². The molecule has 30 nitrogen and oxygen atoms in total. The zero-order valence-electron chi connectivity index (χ0n) is 32.9. The number of primary amides is 1. The lowest BCUT2D eigenvalue weighted by Crippen LogP contribution is -2.46. The summed E-state index contributed by atoms with van der Waals surface area (Å²) in [5, 5.41) is 43.6. The van der Waals surface area contributed by atoms with Gasteiger partial charge in [0.05, 0.1) is 36.8 Å². The molecule has 2 aliphatic rings. The van der Waals surface area contributed by atoms with Crippen LogP contribution in [0, 0.1) is 0 Å². The Balaban J connectivity index is 0.958. The molecule has 0 bridgehead atoms. The van der Waals surface area contributed by atoms with Crippen molar-refractivity contribution < 1.29 is 93.7 Å². The number of imidazole rings is 1. The summed E-state index contributed by atoms with van der Waals surface area (Å²) in [5.74, 6) is -1.17. The van der Waals surface area contributed by atoms with Crippen molar-refractivity contribution in [2.45, 2.75) is 54.0 Å². The molecule has 3 unspecified atom stereocenters. The molecule has 2 aliphatic heterocycles. The zero-order chi connectivity index (χ0) is 47.5. The van der Waals surface area contributed by atoms with Crippen molar-refractivity contribution in [1.29, 1.82) is 0 Å². The number of nitrogens with two attached hydrogens (primary N) is 2. The number of aliphatic hydroxyl groups is 3. The van der Waals surface area contributed by atoms with Crippen molar-refractivity contribution in [3.8, 4) is 11.4 Å². The minimum Gasteiger partial charge on any atom is -0.756 e. The predicted molar refractivity (Wildman–Crippen MR) is 211 cm³/mol. The van der Waals surface area contributed by atoms with Crippen molar-refractivity contribution in [2.75, 3.05) is 18.9 Å². The number of aliphatic hydroxyl groups excluding tert-OH is 3. The number of nitrogen functional groups attached to an aromatic ring is 1. The summed E-state index contributed by atoms with van der Waals surface area (Å²) in [6, 6.07) is 9.34. The molecule has 34 heteroatoms. The molecule has 1 aromatic carbocycles. The second-order valence-corrected chi connectivity index (χ2v) is 20.2. The van der Waals surface area contributed by atoms with E-state index in [1.807, 2.05) is 0 Å². The van der Waals surface area contributed by atoms with E-state index in [4.69, 9.17) is 30.0 Å². The van der Waals surface area contributed by atoms with E-state index >= 15 is 0 Å². The van der Waals surface area contributed by atoms with Crippen LogP contribution in [0.3, 0.4) is 0 Å². The monoisotopic (exact) mass is 1000 g/mol. The van der Waals surface area contributed by atoms with Crippen LogP contribution in [0.15, 0.2) is 78.5 Å². The number of hydrogen-bond donors (Lipinski definition) is 8. The molecule has 7 heterocycles. The van der Waals surface area contributed by atoms with Gasteiger partial charge in [0.25, 0.3) is 30.0 Å². The van der Waals surface area contributed by atoms with Crippen LogP contribution in [0.2, 0.25) is 0 Å². The summed E-state index contributed by atoms with van der Waals surface area (Å²) >= 11 is 0. The fourth-order valence-corrected chi connectivity index (χ4v) is 10.7. The van der Waals surface area contributed by atoms with Crippen LogP contribution >= 0.6 is 23.5 Å². The topological polar surface area (TPSA) is 445 Å². The first kappa shape index (κ1) is 47.4. The Hall–Kier alpha value is -5.14. The SMILES string of the molecule is NC(=O)c1ccc[n+]([C@@H]2O[C@H](COP(=O)([O-])OP(=O)(O)OCC3O[C@@H](n4cnc5c(N)nc(-c6ccc(S(=O)(=O)n7ncc8nnccc87)cc6)nc54)[C@H](OP(=O)(O)O)[C@@H]3O)[C@@H](O)[C@H]2O)c1. The number of anilines is 1. The van der Waals surface area contributed by atoms with Crippen LogP contribution in [0.5, 0.6) is 0 Å². The Labute approximate surface area is 368 Å². The van der Waals surface area contributed by atoms with Gasteiger partial charge in [0.2, 0.25) is 0 Å². The van der Waals surface area contributed by atoms with Gasteiger partial charge < -0.3 is 60.4 Å². The number of fused-ring (bicyclic) bond motifs is 2. The fraction of sp³-hybridized carbons (Fsp3) is 0.312. The van der Waals surface area contributed by atoms with Gasteiger partial charge in [-0.15, -0.1) is 5.10 Å². The number of nitrogens with zero attached hydrogens (tertiary/aromatic N) is 9. The average molecular weight is 1000 g/mol. The highest BCUT2D eigenvalue weighted by Crippen LogP contribution is 2.59. The highest BCUT2D eigenvalue weighted by molar-refractivity contribution is 7.90. The van der Waals surface area contributed by atoms with Gasteiger partial charge >= 0.3 is 15.6 Å². The van der Waals surface area contributed by atoms with Crippen LogP contribution in [-0.2, 0) is 51.1 Å². The predicted octanol–water partition coefficient (Wildman–Crippen LogP) is -2.49. The summed E-state index contributed by atoms with van der Waals surface area (Å²) in [5.41, 5.74) is 11.8. The molecule has 352 valence electrons. The molecule has 0 radical (unpaired) electrons. The number of ether oxygens (including phenoxy) is 2. The van der Waals surface area contributed by atoms with Gasteiger partial charge in [0.1, 0.15) is 52.6 Å². The second-order valence-electron chi connectivity index (χ2n) is 14.2. The first-order chi connectivity index (χ1) is 31.0. The Morgan fingerprint density at radius 3 is 2.38 bits per heavy atom. The molecule has 8 rings (SSSR count). The second kappa shape index (κ2) is 17.8. The van der Waals surface area contributed by atoms with Gasteiger partial charge in [-0.25, -0.2) is 28.4 Å². The highest BCUT2D eigenvalue weighted by atomic mass is 32.2.